The molecule has 1 heterocycles. The number of aryl methyl sites for hydroxylation is 1. The Labute approximate surface area is 138 Å². The average Bonchev–Trinajstić information content (AvgIpc) is 2.80. The molecule has 0 saturated heterocycles. The van der Waals surface area contributed by atoms with Crippen LogP contribution in [0.15, 0.2) is 42.5 Å². The Morgan fingerprint density at radius 3 is 2.58 bits per heavy atom. The summed E-state index contributed by atoms with van der Waals surface area (Å²) in [5.74, 6) is -2.21. The van der Waals surface area contributed by atoms with Crippen molar-refractivity contribution >= 4 is 17.7 Å². The van der Waals surface area contributed by atoms with Crippen LogP contribution in [0, 0.1) is 12.7 Å². The number of halogens is 1. The van der Waals surface area contributed by atoms with Gasteiger partial charge in [-0.05, 0) is 31.2 Å². The van der Waals surface area contributed by atoms with Crippen LogP contribution >= 0.6 is 0 Å². The molecule has 1 N–H and O–H groups in total. The lowest BCUT2D eigenvalue weighted by Crippen LogP contribution is -2.38. The molecule has 0 atom stereocenters. The summed E-state index contributed by atoms with van der Waals surface area (Å²) in [6.07, 6.45) is 0. The van der Waals surface area contributed by atoms with Crippen molar-refractivity contribution in [2.45, 2.75) is 6.92 Å². The molecule has 3 amide bonds. The number of imide groups is 1. The van der Waals surface area contributed by atoms with Gasteiger partial charge >= 0.3 is 0 Å². The zero-order chi connectivity index (χ0) is 17.3. The van der Waals surface area contributed by atoms with E-state index in [0.717, 1.165) is 16.5 Å². The maximum atomic E-state index is 13.7. The van der Waals surface area contributed by atoms with Gasteiger partial charge in [-0.2, -0.15) is 0 Å². The lowest BCUT2D eigenvalue weighted by atomic mass is 10.1. The van der Waals surface area contributed by atoms with E-state index in [-0.39, 0.29) is 30.1 Å². The summed E-state index contributed by atoms with van der Waals surface area (Å²) in [7, 11) is 0. The maximum Gasteiger partial charge on any atom is 0.264 e. The third kappa shape index (κ3) is 2.78. The number of hydrogen-bond donors (Lipinski definition) is 1. The van der Waals surface area contributed by atoms with Crippen LogP contribution in [-0.4, -0.2) is 35.7 Å². The molecule has 5 nitrogen and oxygen atoms in total. The first-order valence-electron chi connectivity index (χ1n) is 7.48. The lowest BCUT2D eigenvalue weighted by Gasteiger charge is -2.14. The number of hydrogen-bond acceptors (Lipinski definition) is 3. The number of rotatable bonds is 4. The molecule has 0 aromatic heterocycles. The number of carbonyl (C=O) groups excluding carboxylic acids is 3. The van der Waals surface area contributed by atoms with Gasteiger partial charge in [0.1, 0.15) is 5.82 Å². The van der Waals surface area contributed by atoms with Crippen LogP contribution in [0.25, 0.3) is 0 Å². The number of benzene rings is 2. The highest BCUT2D eigenvalue weighted by Gasteiger charge is 2.37. The fourth-order valence-corrected chi connectivity index (χ4v) is 2.66. The Balaban J connectivity index is 1.64. The molecule has 122 valence electrons. The molecule has 0 radical (unpaired) electrons. The summed E-state index contributed by atoms with van der Waals surface area (Å²) in [6.45, 7) is 1.97. The highest BCUT2D eigenvalue weighted by molar-refractivity contribution is 6.21. The quantitative estimate of drug-likeness (QED) is 0.876. The highest BCUT2D eigenvalue weighted by Crippen LogP contribution is 2.24. The summed E-state index contributed by atoms with van der Waals surface area (Å²) in [5.41, 5.74) is 1.32. The van der Waals surface area contributed by atoms with Crippen molar-refractivity contribution in [3.63, 3.8) is 0 Å². The van der Waals surface area contributed by atoms with Crippen molar-refractivity contribution in [3.8, 4) is 0 Å². The van der Waals surface area contributed by atoms with E-state index < -0.39 is 17.6 Å². The van der Waals surface area contributed by atoms with Crippen LogP contribution in [0.3, 0.4) is 0 Å². The topological polar surface area (TPSA) is 66.5 Å². The Hall–Kier alpha value is -3.02. The molecule has 24 heavy (non-hydrogen) atoms. The molecule has 2 aromatic rings. The van der Waals surface area contributed by atoms with E-state index in [4.69, 9.17) is 0 Å². The van der Waals surface area contributed by atoms with E-state index in [1.54, 1.807) is 18.2 Å². The summed E-state index contributed by atoms with van der Waals surface area (Å²) in [5, 5.41) is 2.66. The zero-order valence-corrected chi connectivity index (χ0v) is 13.0. The smallest absolute Gasteiger partial charge is 0.264 e. The van der Waals surface area contributed by atoms with Crippen molar-refractivity contribution in [1.82, 2.24) is 10.2 Å². The van der Waals surface area contributed by atoms with E-state index in [1.807, 2.05) is 13.0 Å². The zero-order valence-electron chi connectivity index (χ0n) is 13.0. The van der Waals surface area contributed by atoms with Crippen molar-refractivity contribution in [1.29, 1.82) is 0 Å². The summed E-state index contributed by atoms with van der Waals surface area (Å²) >= 11 is 0. The van der Waals surface area contributed by atoms with Gasteiger partial charge in [0.25, 0.3) is 17.7 Å². The second kappa shape index (κ2) is 6.23. The Morgan fingerprint density at radius 2 is 1.88 bits per heavy atom. The predicted molar refractivity (Wildman–Crippen MR) is 85.3 cm³/mol. The molecule has 6 heteroatoms. The van der Waals surface area contributed by atoms with Crippen LogP contribution in [0.5, 0.6) is 0 Å². The van der Waals surface area contributed by atoms with Gasteiger partial charge in [-0.1, -0.05) is 23.8 Å². The van der Waals surface area contributed by atoms with Crippen molar-refractivity contribution in [2.75, 3.05) is 13.1 Å². The molecular weight excluding hydrogens is 311 g/mol. The van der Waals surface area contributed by atoms with E-state index in [9.17, 15) is 18.8 Å². The van der Waals surface area contributed by atoms with E-state index in [2.05, 4.69) is 5.32 Å². The summed E-state index contributed by atoms with van der Waals surface area (Å²) in [6, 6.07) is 11.0. The van der Waals surface area contributed by atoms with Gasteiger partial charge in [-0.15, -0.1) is 0 Å². The highest BCUT2D eigenvalue weighted by atomic mass is 19.1. The van der Waals surface area contributed by atoms with E-state index in [0.29, 0.717) is 5.56 Å². The Kier molecular flexibility index (Phi) is 4.12. The first-order valence-corrected chi connectivity index (χ1v) is 7.48. The first kappa shape index (κ1) is 15.9. The third-order valence-electron chi connectivity index (χ3n) is 3.85. The molecule has 3 rings (SSSR count). The lowest BCUT2D eigenvalue weighted by molar-refractivity contribution is 0.0648. The van der Waals surface area contributed by atoms with Crippen molar-refractivity contribution in [3.05, 3.63) is 70.5 Å². The number of amides is 3. The predicted octanol–water partition coefficient (Wildman–Crippen LogP) is 2.16. The molecule has 0 unspecified atom stereocenters. The second-order valence-corrected chi connectivity index (χ2v) is 5.55. The van der Waals surface area contributed by atoms with Crippen molar-refractivity contribution < 1.29 is 18.8 Å². The minimum absolute atomic E-state index is 0.0106. The summed E-state index contributed by atoms with van der Waals surface area (Å²) in [4.78, 5) is 37.3. The van der Waals surface area contributed by atoms with Crippen LogP contribution in [0.2, 0.25) is 0 Å². The van der Waals surface area contributed by atoms with Gasteiger partial charge in [0.2, 0.25) is 0 Å². The molecular formula is C18H15FN2O3. The van der Waals surface area contributed by atoms with Crippen LogP contribution in [-0.2, 0) is 0 Å². The van der Waals surface area contributed by atoms with Crippen LogP contribution in [0.4, 0.5) is 4.39 Å². The largest absolute Gasteiger partial charge is 0.350 e. The van der Waals surface area contributed by atoms with Gasteiger partial charge in [0.15, 0.2) is 0 Å². The molecule has 0 bridgehead atoms. The number of nitrogens with one attached hydrogen (secondary N) is 1. The molecule has 1 aliphatic heterocycles. The van der Waals surface area contributed by atoms with Crippen LogP contribution < -0.4 is 5.32 Å². The van der Waals surface area contributed by atoms with Gasteiger partial charge in [0, 0.05) is 18.7 Å². The van der Waals surface area contributed by atoms with E-state index >= 15 is 0 Å². The minimum atomic E-state index is -0.711. The fourth-order valence-electron chi connectivity index (χ4n) is 2.66. The number of fused-ring (bicyclic) bond motifs is 1. The normalized spacial score (nSPS) is 13.2. The third-order valence-corrected chi connectivity index (χ3v) is 3.85. The Morgan fingerprint density at radius 1 is 1.12 bits per heavy atom. The monoisotopic (exact) mass is 326 g/mol. The molecule has 2 aromatic carbocycles. The molecule has 0 spiro atoms. The standard InChI is InChI=1S/C18H15FN2O3/c1-11-4-2-5-12(10-11)16(22)20-8-9-21-17(23)13-6-3-7-14(19)15(13)18(21)24/h2-7,10H,8-9H2,1H3,(H,20,22). The van der Waals surface area contributed by atoms with E-state index in [1.165, 1.54) is 12.1 Å². The summed E-state index contributed by atoms with van der Waals surface area (Å²) < 4.78 is 13.7. The second-order valence-electron chi connectivity index (χ2n) is 5.55. The molecule has 0 fully saturated rings. The van der Waals surface area contributed by atoms with Crippen molar-refractivity contribution in [2.24, 2.45) is 0 Å². The first-order chi connectivity index (χ1) is 11.5. The van der Waals surface area contributed by atoms with Crippen LogP contribution in [0.1, 0.15) is 36.6 Å². The fraction of sp³-hybridized carbons (Fsp3) is 0.167. The Bertz CT molecular complexity index is 848. The molecule has 0 saturated carbocycles. The number of nitrogens with zero attached hydrogens (tertiary/aromatic N) is 1. The molecule has 1 aliphatic rings. The van der Waals surface area contributed by atoms with Gasteiger partial charge in [0.05, 0.1) is 11.1 Å². The molecule has 0 aliphatic carbocycles. The van der Waals surface area contributed by atoms with Gasteiger partial charge < -0.3 is 5.32 Å². The number of carbonyl (C=O) groups is 3. The average molecular weight is 326 g/mol. The SMILES string of the molecule is Cc1cccc(C(=O)NCCN2C(=O)c3cccc(F)c3C2=O)c1. The minimum Gasteiger partial charge on any atom is -0.350 e. The van der Waals surface area contributed by atoms with Gasteiger partial charge in [-0.25, -0.2) is 4.39 Å². The van der Waals surface area contributed by atoms with Gasteiger partial charge in [-0.3, -0.25) is 19.3 Å². The maximum absolute atomic E-state index is 13.7.